The van der Waals surface area contributed by atoms with Gasteiger partial charge in [0.25, 0.3) is 0 Å². The van der Waals surface area contributed by atoms with Gasteiger partial charge in [-0.05, 0) is 42.5 Å². The molecule has 4 heteroatoms. The molecule has 13 heavy (non-hydrogen) atoms. The summed E-state index contributed by atoms with van der Waals surface area (Å²) in [7, 11) is 0. The van der Waals surface area contributed by atoms with Crippen molar-refractivity contribution in [1.29, 1.82) is 0 Å². The molecule has 0 rings (SSSR count). The van der Waals surface area contributed by atoms with E-state index in [0.29, 0.717) is 9.42 Å². The standard InChI is InChI=1S/C9H12FIN2/c1-3-5-13-9(12)6-8(11)7(10)4-2/h3-6H,1-2H3,(H2,12,13)/b5-3-,7-4+,8-6+. The molecule has 0 aliphatic rings. The molecule has 0 aromatic rings. The van der Waals surface area contributed by atoms with E-state index < -0.39 is 0 Å². The summed E-state index contributed by atoms with van der Waals surface area (Å²) in [6.07, 6.45) is 6.17. The molecule has 0 aromatic heterocycles. The van der Waals surface area contributed by atoms with E-state index in [4.69, 9.17) is 5.73 Å². The number of halogens is 2. The fourth-order valence-electron chi connectivity index (χ4n) is 0.535. The van der Waals surface area contributed by atoms with Gasteiger partial charge in [0.2, 0.25) is 0 Å². The monoisotopic (exact) mass is 294 g/mol. The molecular formula is C9H12FIN2. The van der Waals surface area contributed by atoms with Crippen molar-refractivity contribution in [1.82, 2.24) is 0 Å². The molecule has 0 atom stereocenters. The van der Waals surface area contributed by atoms with E-state index >= 15 is 0 Å². The van der Waals surface area contributed by atoms with Crippen molar-refractivity contribution >= 4 is 28.4 Å². The van der Waals surface area contributed by atoms with Crippen LogP contribution in [0.5, 0.6) is 0 Å². The molecular weight excluding hydrogens is 282 g/mol. The Bertz CT molecular complexity index is 277. The van der Waals surface area contributed by atoms with E-state index in [9.17, 15) is 4.39 Å². The maximum atomic E-state index is 12.9. The zero-order chi connectivity index (χ0) is 10.3. The van der Waals surface area contributed by atoms with Crippen molar-refractivity contribution in [2.45, 2.75) is 13.8 Å². The van der Waals surface area contributed by atoms with Gasteiger partial charge < -0.3 is 5.73 Å². The maximum absolute atomic E-state index is 12.9. The van der Waals surface area contributed by atoms with Crippen LogP contribution in [0.25, 0.3) is 0 Å². The second-order valence-corrected chi connectivity index (χ2v) is 3.33. The van der Waals surface area contributed by atoms with E-state index in [1.54, 1.807) is 19.2 Å². The van der Waals surface area contributed by atoms with Crippen LogP contribution in [-0.4, -0.2) is 5.84 Å². The minimum absolute atomic E-state index is 0.291. The summed E-state index contributed by atoms with van der Waals surface area (Å²) in [5.74, 6) is -0.00118. The predicted molar refractivity (Wildman–Crippen MR) is 63.4 cm³/mol. The van der Waals surface area contributed by atoms with Crippen molar-refractivity contribution in [3.8, 4) is 0 Å². The summed E-state index contributed by atoms with van der Waals surface area (Å²) in [4.78, 5) is 3.84. The summed E-state index contributed by atoms with van der Waals surface area (Å²) < 4.78 is 13.3. The molecule has 0 spiro atoms. The molecule has 0 heterocycles. The molecule has 0 aliphatic carbocycles. The highest BCUT2D eigenvalue weighted by Gasteiger charge is 1.98. The van der Waals surface area contributed by atoms with Gasteiger partial charge >= 0.3 is 0 Å². The van der Waals surface area contributed by atoms with Crippen LogP contribution >= 0.6 is 22.6 Å². The third-order valence-corrected chi connectivity index (χ3v) is 1.96. The SMILES string of the molecule is C\C=C/N=C(N)\C=C(I)/C(F)=C\C. The van der Waals surface area contributed by atoms with Crippen LogP contribution in [0.15, 0.2) is 38.8 Å². The zero-order valence-corrected chi connectivity index (χ0v) is 9.75. The number of allylic oxidation sites excluding steroid dienone is 4. The van der Waals surface area contributed by atoms with Crippen molar-refractivity contribution in [3.63, 3.8) is 0 Å². The van der Waals surface area contributed by atoms with Crippen molar-refractivity contribution in [2.75, 3.05) is 0 Å². The first-order valence-corrected chi connectivity index (χ1v) is 4.83. The third-order valence-electron chi connectivity index (χ3n) is 1.13. The molecule has 0 fully saturated rings. The molecule has 2 nitrogen and oxygen atoms in total. The van der Waals surface area contributed by atoms with Gasteiger partial charge in [0, 0.05) is 6.20 Å². The molecule has 0 saturated carbocycles. The van der Waals surface area contributed by atoms with E-state index in [1.165, 1.54) is 12.2 Å². The van der Waals surface area contributed by atoms with E-state index in [-0.39, 0.29) is 5.83 Å². The Hall–Kier alpha value is -0.650. The molecule has 0 aromatic carbocycles. The lowest BCUT2D eigenvalue weighted by Crippen LogP contribution is -2.07. The van der Waals surface area contributed by atoms with Crippen LogP contribution in [-0.2, 0) is 0 Å². The first-order chi connectivity index (χ1) is 6.11. The Morgan fingerprint density at radius 3 is 2.54 bits per heavy atom. The molecule has 0 radical (unpaired) electrons. The minimum atomic E-state index is -0.292. The van der Waals surface area contributed by atoms with Gasteiger partial charge in [0.1, 0.15) is 11.7 Å². The number of hydrogen-bond donors (Lipinski definition) is 1. The molecule has 0 bridgehead atoms. The number of hydrogen-bond acceptors (Lipinski definition) is 1. The fraction of sp³-hybridized carbons (Fsp3) is 0.222. The van der Waals surface area contributed by atoms with Crippen molar-refractivity contribution in [3.05, 3.63) is 33.8 Å². The first kappa shape index (κ1) is 12.3. The minimum Gasteiger partial charge on any atom is -0.384 e. The number of nitrogens with two attached hydrogens (primary N) is 1. The topological polar surface area (TPSA) is 38.4 Å². The highest BCUT2D eigenvalue weighted by molar-refractivity contribution is 14.1. The Morgan fingerprint density at radius 1 is 1.46 bits per heavy atom. The van der Waals surface area contributed by atoms with Gasteiger partial charge in [-0.2, -0.15) is 0 Å². The van der Waals surface area contributed by atoms with Crippen LogP contribution < -0.4 is 5.73 Å². The Morgan fingerprint density at radius 2 is 2.08 bits per heavy atom. The lowest BCUT2D eigenvalue weighted by molar-refractivity contribution is 0.663. The summed E-state index contributed by atoms with van der Waals surface area (Å²) >= 11 is 1.87. The number of nitrogens with zero attached hydrogens (tertiary/aromatic N) is 1. The van der Waals surface area contributed by atoms with E-state index in [2.05, 4.69) is 4.99 Å². The van der Waals surface area contributed by atoms with Gasteiger partial charge in [0.15, 0.2) is 0 Å². The summed E-state index contributed by atoms with van der Waals surface area (Å²) in [5, 5.41) is 0. The smallest absolute Gasteiger partial charge is 0.132 e. The summed E-state index contributed by atoms with van der Waals surface area (Å²) in [5.41, 5.74) is 5.48. The lowest BCUT2D eigenvalue weighted by Gasteiger charge is -1.94. The molecule has 0 unspecified atom stereocenters. The van der Waals surface area contributed by atoms with Gasteiger partial charge in [0.05, 0.1) is 3.58 Å². The Kier molecular flexibility index (Phi) is 6.48. The highest BCUT2D eigenvalue weighted by atomic mass is 127. The Labute approximate surface area is 91.3 Å². The maximum Gasteiger partial charge on any atom is 0.132 e. The predicted octanol–water partition coefficient (Wildman–Crippen LogP) is 3.07. The first-order valence-electron chi connectivity index (χ1n) is 3.75. The van der Waals surface area contributed by atoms with Crippen LogP contribution in [0, 0.1) is 0 Å². The summed E-state index contributed by atoms with van der Waals surface area (Å²) in [6.45, 7) is 3.46. The average Bonchev–Trinajstić information content (AvgIpc) is 2.13. The second-order valence-electron chi connectivity index (χ2n) is 2.17. The molecule has 0 amide bonds. The number of amidine groups is 1. The van der Waals surface area contributed by atoms with Gasteiger partial charge in [-0.1, -0.05) is 12.2 Å². The van der Waals surface area contributed by atoms with Crippen LogP contribution in [0.4, 0.5) is 4.39 Å². The van der Waals surface area contributed by atoms with Gasteiger partial charge in [-0.3, -0.25) is 0 Å². The number of aliphatic imine (C=N–C) groups is 1. The van der Waals surface area contributed by atoms with Crippen molar-refractivity contribution in [2.24, 2.45) is 10.7 Å². The van der Waals surface area contributed by atoms with Gasteiger partial charge in [-0.25, -0.2) is 9.38 Å². The quantitative estimate of drug-likeness (QED) is 0.369. The van der Waals surface area contributed by atoms with Crippen molar-refractivity contribution < 1.29 is 4.39 Å². The molecule has 72 valence electrons. The lowest BCUT2D eigenvalue weighted by atomic mass is 10.4. The normalized spacial score (nSPS) is 15.5. The molecule has 0 aliphatic heterocycles. The average molecular weight is 294 g/mol. The zero-order valence-electron chi connectivity index (χ0n) is 7.59. The third kappa shape index (κ3) is 5.57. The second kappa shape index (κ2) is 6.82. The summed E-state index contributed by atoms with van der Waals surface area (Å²) in [6, 6.07) is 0. The fourth-order valence-corrected chi connectivity index (χ4v) is 1.17. The van der Waals surface area contributed by atoms with Crippen LogP contribution in [0.2, 0.25) is 0 Å². The van der Waals surface area contributed by atoms with Gasteiger partial charge in [-0.15, -0.1) is 0 Å². The van der Waals surface area contributed by atoms with E-state index in [0.717, 1.165) is 0 Å². The van der Waals surface area contributed by atoms with E-state index in [1.807, 2.05) is 29.5 Å². The molecule has 2 N–H and O–H groups in total. The Balaban J connectivity index is 4.56. The largest absolute Gasteiger partial charge is 0.384 e. The van der Waals surface area contributed by atoms with Crippen LogP contribution in [0.3, 0.4) is 0 Å². The van der Waals surface area contributed by atoms with Crippen LogP contribution in [0.1, 0.15) is 13.8 Å². The molecule has 0 saturated heterocycles. The highest BCUT2D eigenvalue weighted by Crippen LogP contribution is 2.18. The number of rotatable bonds is 3.